The molecule has 2 rings (SSSR count). The highest BCUT2D eigenvalue weighted by Crippen LogP contribution is 2.26. The number of nitro groups is 1. The molecule has 1 aliphatic heterocycles. The minimum atomic E-state index is -0.432. The monoisotopic (exact) mass is 270 g/mol. The molecule has 1 atom stereocenters. The number of rotatable bonds is 5. The molecule has 6 heteroatoms. The molecule has 1 N–H and O–H groups in total. The Kier molecular flexibility index (Phi) is 4.52. The molecule has 0 amide bonds. The Morgan fingerprint density at radius 3 is 3.06 bits per heavy atom. The lowest BCUT2D eigenvalue weighted by Crippen LogP contribution is -2.26. The zero-order valence-corrected chi connectivity index (χ0v) is 10.7. The standard InChI is InChI=1S/C12H15ClN2O3/c13-11-4-1-5-12(15(16)17)10(11)8-18-7-9-3-2-6-14-9/h1,4-5,9,14H,2-3,6-8H2. The third kappa shape index (κ3) is 3.19. The SMILES string of the molecule is O=[N+]([O-])c1cccc(Cl)c1COCC1CCCN1. The number of benzene rings is 1. The van der Waals surface area contributed by atoms with Crippen LogP contribution in [0.1, 0.15) is 18.4 Å². The van der Waals surface area contributed by atoms with Gasteiger partial charge in [-0.2, -0.15) is 0 Å². The second-order valence-electron chi connectivity index (χ2n) is 4.30. The van der Waals surface area contributed by atoms with Crippen molar-refractivity contribution in [3.63, 3.8) is 0 Å². The molecule has 1 unspecified atom stereocenters. The first-order valence-electron chi connectivity index (χ1n) is 5.91. The third-order valence-corrected chi connectivity index (χ3v) is 3.37. The normalized spacial score (nSPS) is 19.1. The molecule has 1 aromatic rings. The minimum Gasteiger partial charge on any atom is -0.375 e. The fourth-order valence-corrected chi connectivity index (χ4v) is 2.29. The highest BCUT2D eigenvalue weighted by molar-refractivity contribution is 6.31. The highest BCUT2D eigenvalue weighted by atomic mass is 35.5. The minimum absolute atomic E-state index is 0.0156. The van der Waals surface area contributed by atoms with Crippen molar-refractivity contribution in [3.05, 3.63) is 38.9 Å². The Labute approximate surface area is 110 Å². The lowest BCUT2D eigenvalue weighted by Gasteiger charge is -2.11. The van der Waals surface area contributed by atoms with Gasteiger partial charge in [-0.25, -0.2) is 0 Å². The van der Waals surface area contributed by atoms with Crippen molar-refractivity contribution in [2.24, 2.45) is 0 Å². The van der Waals surface area contributed by atoms with Crippen LogP contribution in [0.15, 0.2) is 18.2 Å². The fourth-order valence-electron chi connectivity index (χ4n) is 2.06. The summed E-state index contributed by atoms with van der Waals surface area (Å²) in [4.78, 5) is 10.4. The molecular weight excluding hydrogens is 256 g/mol. The van der Waals surface area contributed by atoms with Gasteiger partial charge in [0.15, 0.2) is 0 Å². The largest absolute Gasteiger partial charge is 0.375 e. The maximum atomic E-state index is 10.9. The number of halogens is 1. The van der Waals surface area contributed by atoms with E-state index in [1.807, 2.05) is 0 Å². The van der Waals surface area contributed by atoms with Crippen molar-refractivity contribution >= 4 is 17.3 Å². The molecule has 1 fully saturated rings. The smallest absolute Gasteiger partial charge is 0.276 e. The van der Waals surface area contributed by atoms with E-state index in [9.17, 15) is 10.1 Å². The van der Waals surface area contributed by atoms with Crippen molar-refractivity contribution in [1.82, 2.24) is 5.32 Å². The van der Waals surface area contributed by atoms with Gasteiger partial charge in [-0.1, -0.05) is 17.7 Å². The number of ether oxygens (including phenoxy) is 1. The van der Waals surface area contributed by atoms with E-state index in [1.54, 1.807) is 12.1 Å². The lowest BCUT2D eigenvalue weighted by molar-refractivity contribution is -0.385. The average Bonchev–Trinajstić information content (AvgIpc) is 2.84. The number of nitrogens with one attached hydrogen (secondary N) is 1. The molecule has 0 aliphatic carbocycles. The molecule has 0 bridgehead atoms. The van der Waals surface area contributed by atoms with E-state index in [0.29, 0.717) is 23.2 Å². The Balaban J connectivity index is 1.97. The van der Waals surface area contributed by atoms with Crippen LogP contribution in [-0.2, 0) is 11.3 Å². The van der Waals surface area contributed by atoms with Gasteiger partial charge in [0, 0.05) is 12.1 Å². The number of hydrogen-bond acceptors (Lipinski definition) is 4. The van der Waals surface area contributed by atoms with Crippen LogP contribution in [-0.4, -0.2) is 24.1 Å². The van der Waals surface area contributed by atoms with Gasteiger partial charge in [0.05, 0.1) is 28.7 Å². The van der Waals surface area contributed by atoms with Gasteiger partial charge in [0.2, 0.25) is 0 Å². The zero-order valence-electron chi connectivity index (χ0n) is 9.89. The molecule has 1 aromatic carbocycles. The summed E-state index contributed by atoms with van der Waals surface area (Å²) in [5.41, 5.74) is 0.462. The molecule has 0 spiro atoms. The summed E-state index contributed by atoms with van der Waals surface area (Å²) < 4.78 is 5.52. The Morgan fingerprint density at radius 2 is 2.39 bits per heavy atom. The first kappa shape index (κ1) is 13.3. The lowest BCUT2D eigenvalue weighted by atomic mass is 10.2. The Morgan fingerprint density at radius 1 is 1.56 bits per heavy atom. The maximum Gasteiger partial charge on any atom is 0.276 e. The highest BCUT2D eigenvalue weighted by Gasteiger charge is 2.18. The quantitative estimate of drug-likeness (QED) is 0.660. The molecule has 98 valence electrons. The van der Waals surface area contributed by atoms with E-state index < -0.39 is 4.92 Å². The van der Waals surface area contributed by atoms with Crippen LogP contribution in [0.2, 0.25) is 5.02 Å². The van der Waals surface area contributed by atoms with Crippen LogP contribution < -0.4 is 5.32 Å². The number of nitrogens with zero attached hydrogens (tertiary/aromatic N) is 1. The van der Waals surface area contributed by atoms with Crippen molar-refractivity contribution in [2.75, 3.05) is 13.2 Å². The van der Waals surface area contributed by atoms with Crippen LogP contribution in [0.25, 0.3) is 0 Å². The van der Waals surface area contributed by atoms with E-state index in [4.69, 9.17) is 16.3 Å². The third-order valence-electron chi connectivity index (χ3n) is 3.02. The molecule has 1 heterocycles. The van der Waals surface area contributed by atoms with Crippen molar-refractivity contribution in [3.8, 4) is 0 Å². The first-order valence-corrected chi connectivity index (χ1v) is 6.29. The second kappa shape index (κ2) is 6.13. The van der Waals surface area contributed by atoms with E-state index in [0.717, 1.165) is 19.4 Å². The molecule has 1 saturated heterocycles. The van der Waals surface area contributed by atoms with E-state index >= 15 is 0 Å². The number of nitro benzene ring substituents is 1. The van der Waals surface area contributed by atoms with Gasteiger partial charge >= 0.3 is 0 Å². The Bertz CT molecular complexity index is 433. The summed E-state index contributed by atoms with van der Waals surface area (Å²) in [6, 6.07) is 5.01. The van der Waals surface area contributed by atoms with E-state index in [1.165, 1.54) is 6.07 Å². The first-order chi connectivity index (χ1) is 8.68. The second-order valence-corrected chi connectivity index (χ2v) is 4.71. The molecule has 0 aromatic heterocycles. The Hall–Kier alpha value is -1.17. The average molecular weight is 271 g/mol. The van der Waals surface area contributed by atoms with Crippen molar-refractivity contribution in [1.29, 1.82) is 0 Å². The fraction of sp³-hybridized carbons (Fsp3) is 0.500. The summed E-state index contributed by atoms with van der Waals surface area (Å²) in [7, 11) is 0. The summed E-state index contributed by atoms with van der Waals surface area (Å²) in [6.07, 6.45) is 2.24. The summed E-state index contributed by atoms with van der Waals surface area (Å²) in [6.45, 7) is 1.75. The van der Waals surface area contributed by atoms with Crippen LogP contribution in [0.5, 0.6) is 0 Å². The van der Waals surface area contributed by atoms with Gasteiger partial charge in [0.1, 0.15) is 0 Å². The molecule has 18 heavy (non-hydrogen) atoms. The van der Waals surface area contributed by atoms with Crippen molar-refractivity contribution in [2.45, 2.75) is 25.5 Å². The molecule has 5 nitrogen and oxygen atoms in total. The van der Waals surface area contributed by atoms with Crippen LogP contribution in [0, 0.1) is 10.1 Å². The zero-order chi connectivity index (χ0) is 13.0. The van der Waals surface area contributed by atoms with Gasteiger partial charge in [0.25, 0.3) is 5.69 Å². The van der Waals surface area contributed by atoms with Crippen LogP contribution in [0.3, 0.4) is 0 Å². The van der Waals surface area contributed by atoms with Crippen molar-refractivity contribution < 1.29 is 9.66 Å². The topological polar surface area (TPSA) is 64.4 Å². The molecule has 0 saturated carbocycles. The van der Waals surface area contributed by atoms with Gasteiger partial charge in [-0.3, -0.25) is 10.1 Å². The summed E-state index contributed by atoms with van der Waals surface area (Å²) in [5.74, 6) is 0. The summed E-state index contributed by atoms with van der Waals surface area (Å²) >= 11 is 5.97. The summed E-state index contributed by atoms with van der Waals surface area (Å²) in [5, 5.41) is 14.6. The predicted octanol–water partition coefficient (Wildman–Crippen LogP) is 2.52. The van der Waals surface area contributed by atoms with Crippen LogP contribution in [0.4, 0.5) is 5.69 Å². The molecule has 1 aliphatic rings. The van der Waals surface area contributed by atoms with E-state index in [2.05, 4.69) is 5.32 Å². The van der Waals surface area contributed by atoms with E-state index in [-0.39, 0.29) is 12.3 Å². The number of hydrogen-bond donors (Lipinski definition) is 1. The maximum absolute atomic E-state index is 10.9. The molecular formula is C12H15ClN2O3. The van der Waals surface area contributed by atoms with Gasteiger partial charge in [-0.15, -0.1) is 0 Å². The molecule has 0 radical (unpaired) electrons. The predicted molar refractivity (Wildman–Crippen MR) is 68.8 cm³/mol. The van der Waals surface area contributed by atoms with Gasteiger partial charge in [-0.05, 0) is 25.5 Å². The van der Waals surface area contributed by atoms with Gasteiger partial charge < -0.3 is 10.1 Å². The van der Waals surface area contributed by atoms with Crippen LogP contribution >= 0.6 is 11.6 Å².